The van der Waals surface area contributed by atoms with Crippen LogP contribution >= 0.6 is 0 Å². The summed E-state index contributed by atoms with van der Waals surface area (Å²) >= 11 is 0. The van der Waals surface area contributed by atoms with Crippen LogP contribution in [0.5, 0.6) is 0 Å². The van der Waals surface area contributed by atoms with Gasteiger partial charge in [-0.2, -0.15) is 0 Å². The Labute approximate surface area is 98.5 Å². The predicted molar refractivity (Wildman–Crippen MR) is 68.6 cm³/mol. The summed E-state index contributed by atoms with van der Waals surface area (Å²) in [6.45, 7) is 5.53. The molecular weight excluding hydrogens is 196 g/mol. The molecule has 0 amide bonds. The minimum absolute atomic E-state index is 0.830. The molecule has 1 aromatic rings. The van der Waals surface area contributed by atoms with Crippen LogP contribution in [0.3, 0.4) is 0 Å². The molecule has 2 nitrogen and oxygen atoms in total. The molecule has 0 aromatic carbocycles. The van der Waals surface area contributed by atoms with Crippen molar-refractivity contribution in [3.05, 3.63) is 23.9 Å². The summed E-state index contributed by atoms with van der Waals surface area (Å²) in [5, 5.41) is 3.46. The van der Waals surface area contributed by atoms with E-state index in [2.05, 4.69) is 36.3 Å². The van der Waals surface area contributed by atoms with Crippen LogP contribution in [0.4, 0.5) is 5.82 Å². The van der Waals surface area contributed by atoms with E-state index in [0.29, 0.717) is 0 Å². The Kier molecular flexibility index (Phi) is 3.81. The standard InChI is InChI=1S/C14H22N2/c1-11-7-8-14(15-9-11)16-10-13-6-4-3-5-12(13)2/h7-9,12-13H,3-6,10H2,1-2H3,(H,15,16). The van der Waals surface area contributed by atoms with E-state index >= 15 is 0 Å². The molecule has 2 rings (SSSR count). The lowest BCUT2D eigenvalue weighted by Crippen LogP contribution is -2.24. The van der Waals surface area contributed by atoms with Crippen LogP contribution in [0.2, 0.25) is 0 Å². The van der Waals surface area contributed by atoms with Gasteiger partial charge >= 0.3 is 0 Å². The second kappa shape index (κ2) is 5.33. The third kappa shape index (κ3) is 2.97. The normalized spacial score (nSPS) is 25.4. The van der Waals surface area contributed by atoms with Gasteiger partial charge < -0.3 is 5.32 Å². The van der Waals surface area contributed by atoms with Crippen molar-refractivity contribution in [2.24, 2.45) is 11.8 Å². The molecule has 1 fully saturated rings. The van der Waals surface area contributed by atoms with E-state index in [1.54, 1.807) is 0 Å². The van der Waals surface area contributed by atoms with Crippen molar-refractivity contribution in [1.29, 1.82) is 0 Å². The molecule has 1 N–H and O–H groups in total. The molecule has 1 aliphatic carbocycles. The molecule has 88 valence electrons. The molecule has 0 spiro atoms. The summed E-state index contributed by atoms with van der Waals surface area (Å²) in [5.41, 5.74) is 1.22. The maximum Gasteiger partial charge on any atom is 0.125 e. The second-order valence-electron chi connectivity index (χ2n) is 5.12. The first-order chi connectivity index (χ1) is 7.75. The van der Waals surface area contributed by atoms with Crippen LogP contribution in [-0.2, 0) is 0 Å². The van der Waals surface area contributed by atoms with Crippen molar-refractivity contribution >= 4 is 5.82 Å². The van der Waals surface area contributed by atoms with E-state index in [4.69, 9.17) is 0 Å². The summed E-state index contributed by atoms with van der Waals surface area (Å²) < 4.78 is 0. The fourth-order valence-corrected chi connectivity index (χ4v) is 2.50. The highest BCUT2D eigenvalue weighted by molar-refractivity contribution is 5.35. The number of aromatic nitrogens is 1. The molecule has 2 unspecified atom stereocenters. The van der Waals surface area contributed by atoms with Gasteiger partial charge in [0.15, 0.2) is 0 Å². The van der Waals surface area contributed by atoms with Crippen LogP contribution in [0.1, 0.15) is 38.2 Å². The van der Waals surface area contributed by atoms with Crippen LogP contribution in [0.25, 0.3) is 0 Å². The number of nitrogens with zero attached hydrogens (tertiary/aromatic N) is 1. The summed E-state index contributed by atoms with van der Waals surface area (Å²) in [4.78, 5) is 4.38. The van der Waals surface area contributed by atoms with Crippen LogP contribution in [-0.4, -0.2) is 11.5 Å². The van der Waals surface area contributed by atoms with Crippen LogP contribution < -0.4 is 5.32 Å². The van der Waals surface area contributed by atoms with Crippen molar-refractivity contribution in [3.63, 3.8) is 0 Å². The molecule has 2 atom stereocenters. The SMILES string of the molecule is Cc1ccc(NCC2CCCCC2C)nc1. The van der Waals surface area contributed by atoms with Gasteiger partial charge in [0.2, 0.25) is 0 Å². The largest absolute Gasteiger partial charge is 0.370 e. The lowest BCUT2D eigenvalue weighted by atomic mass is 9.80. The predicted octanol–water partition coefficient (Wildman–Crippen LogP) is 3.63. The van der Waals surface area contributed by atoms with Gasteiger partial charge in [0, 0.05) is 12.7 Å². The number of nitrogens with one attached hydrogen (secondary N) is 1. The highest BCUT2D eigenvalue weighted by Gasteiger charge is 2.20. The van der Waals surface area contributed by atoms with Crippen molar-refractivity contribution in [2.45, 2.75) is 39.5 Å². The second-order valence-corrected chi connectivity index (χ2v) is 5.12. The lowest BCUT2D eigenvalue weighted by molar-refractivity contribution is 0.268. The summed E-state index contributed by atoms with van der Waals surface area (Å²) in [6, 6.07) is 4.18. The summed E-state index contributed by atoms with van der Waals surface area (Å²) in [5.74, 6) is 2.71. The number of anilines is 1. The third-order valence-corrected chi connectivity index (χ3v) is 3.75. The topological polar surface area (TPSA) is 24.9 Å². The first-order valence-corrected chi connectivity index (χ1v) is 6.42. The Hall–Kier alpha value is -1.05. The Morgan fingerprint density at radius 2 is 2.12 bits per heavy atom. The smallest absolute Gasteiger partial charge is 0.125 e. The number of hydrogen-bond donors (Lipinski definition) is 1. The molecule has 1 aromatic heterocycles. The first kappa shape index (κ1) is 11.4. The number of rotatable bonds is 3. The fraction of sp³-hybridized carbons (Fsp3) is 0.643. The molecule has 1 aliphatic rings. The third-order valence-electron chi connectivity index (χ3n) is 3.75. The highest BCUT2D eigenvalue weighted by Crippen LogP contribution is 2.29. The molecular formula is C14H22N2. The number of pyridine rings is 1. The Morgan fingerprint density at radius 1 is 1.31 bits per heavy atom. The zero-order valence-corrected chi connectivity index (χ0v) is 10.4. The minimum atomic E-state index is 0.830. The van der Waals surface area contributed by atoms with E-state index in [1.165, 1.54) is 31.2 Å². The Bertz CT molecular complexity index is 318. The molecule has 0 aliphatic heterocycles. The van der Waals surface area contributed by atoms with Crippen molar-refractivity contribution < 1.29 is 0 Å². The van der Waals surface area contributed by atoms with E-state index in [0.717, 1.165) is 24.2 Å². The molecule has 2 heteroatoms. The maximum absolute atomic E-state index is 4.38. The monoisotopic (exact) mass is 218 g/mol. The molecule has 1 heterocycles. The van der Waals surface area contributed by atoms with Gasteiger partial charge in [0.05, 0.1) is 0 Å². The Morgan fingerprint density at radius 3 is 2.81 bits per heavy atom. The molecule has 16 heavy (non-hydrogen) atoms. The van der Waals surface area contributed by atoms with Gasteiger partial charge in [-0.15, -0.1) is 0 Å². The van der Waals surface area contributed by atoms with Gasteiger partial charge in [-0.05, 0) is 36.8 Å². The lowest BCUT2D eigenvalue weighted by Gasteiger charge is -2.28. The van der Waals surface area contributed by atoms with Gasteiger partial charge in [0.1, 0.15) is 5.82 Å². The van der Waals surface area contributed by atoms with Gasteiger partial charge in [0.25, 0.3) is 0 Å². The van der Waals surface area contributed by atoms with E-state index in [9.17, 15) is 0 Å². The maximum atomic E-state index is 4.38. The molecule has 1 saturated carbocycles. The Balaban J connectivity index is 1.84. The van der Waals surface area contributed by atoms with Gasteiger partial charge in [-0.1, -0.05) is 32.3 Å². The zero-order chi connectivity index (χ0) is 11.4. The van der Waals surface area contributed by atoms with E-state index in [1.807, 2.05) is 6.20 Å². The number of aryl methyl sites for hydroxylation is 1. The summed E-state index contributed by atoms with van der Waals surface area (Å²) in [6.07, 6.45) is 7.51. The highest BCUT2D eigenvalue weighted by atomic mass is 15.0. The molecule has 0 radical (unpaired) electrons. The molecule has 0 saturated heterocycles. The van der Waals surface area contributed by atoms with Gasteiger partial charge in [-0.3, -0.25) is 0 Å². The summed E-state index contributed by atoms with van der Waals surface area (Å²) in [7, 11) is 0. The zero-order valence-electron chi connectivity index (χ0n) is 10.4. The molecule has 0 bridgehead atoms. The van der Waals surface area contributed by atoms with Crippen molar-refractivity contribution in [1.82, 2.24) is 4.98 Å². The van der Waals surface area contributed by atoms with Crippen molar-refractivity contribution in [2.75, 3.05) is 11.9 Å². The first-order valence-electron chi connectivity index (χ1n) is 6.42. The van der Waals surface area contributed by atoms with E-state index < -0.39 is 0 Å². The number of hydrogen-bond acceptors (Lipinski definition) is 2. The van der Waals surface area contributed by atoms with E-state index in [-0.39, 0.29) is 0 Å². The average molecular weight is 218 g/mol. The average Bonchev–Trinajstić information content (AvgIpc) is 2.30. The van der Waals surface area contributed by atoms with Gasteiger partial charge in [-0.25, -0.2) is 4.98 Å². The van der Waals surface area contributed by atoms with Crippen LogP contribution in [0, 0.1) is 18.8 Å². The quantitative estimate of drug-likeness (QED) is 0.838. The van der Waals surface area contributed by atoms with Crippen molar-refractivity contribution in [3.8, 4) is 0 Å². The van der Waals surface area contributed by atoms with Crippen LogP contribution in [0.15, 0.2) is 18.3 Å². The fourth-order valence-electron chi connectivity index (χ4n) is 2.50. The minimum Gasteiger partial charge on any atom is -0.370 e.